The number of allylic oxidation sites excluding steroid dienone is 1. The summed E-state index contributed by atoms with van der Waals surface area (Å²) in [7, 11) is 0. The summed E-state index contributed by atoms with van der Waals surface area (Å²) in [5.41, 5.74) is 0. The molecule has 0 spiro atoms. The lowest BCUT2D eigenvalue weighted by Crippen LogP contribution is -2.22. The minimum Gasteiger partial charge on any atom is -0.506 e. The summed E-state index contributed by atoms with van der Waals surface area (Å²) in [6, 6.07) is 0. The second-order valence-corrected chi connectivity index (χ2v) is 2.06. The maximum absolute atomic E-state index is 12.3. The molecule has 0 radical (unpaired) electrons. The van der Waals surface area contributed by atoms with E-state index < -0.39 is 6.30 Å². The highest BCUT2D eigenvalue weighted by atomic mass is 35.5. The summed E-state index contributed by atoms with van der Waals surface area (Å²) >= 11 is 5.28. The standard InChI is InChI=1S/C5H5ClFNO/c6-4-1-3(9)2-8-5(4)7/h1-2,5,8-9H. The number of rotatable bonds is 0. The first-order chi connectivity index (χ1) is 4.20. The van der Waals surface area contributed by atoms with Crippen LogP contribution in [0.3, 0.4) is 0 Å². The Bertz CT molecular complexity index is 178. The van der Waals surface area contributed by atoms with Gasteiger partial charge in [-0.3, -0.25) is 0 Å². The van der Waals surface area contributed by atoms with Gasteiger partial charge in [-0.1, -0.05) is 11.6 Å². The van der Waals surface area contributed by atoms with Crippen LogP contribution in [0, 0.1) is 0 Å². The second kappa shape index (κ2) is 2.27. The van der Waals surface area contributed by atoms with Crippen LogP contribution in [0.4, 0.5) is 4.39 Å². The average Bonchev–Trinajstić information content (AvgIpc) is 1.80. The fourth-order valence-electron chi connectivity index (χ4n) is 0.494. The number of nitrogens with one attached hydrogen (secondary N) is 1. The largest absolute Gasteiger partial charge is 0.506 e. The monoisotopic (exact) mass is 149 g/mol. The van der Waals surface area contributed by atoms with Gasteiger partial charge in [-0.05, 0) is 0 Å². The van der Waals surface area contributed by atoms with Crippen LogP contribution in [-0.2, 0) is 0 Å². The van der Waals surface area contributed by atoms with Crippen molar-refractivity contribution in [3.05, 3.63) is 23.1 Å². The van der Waals surface area contributed by atoms with Gasteiger partial charge in [-0.25, -0.2) is 4.39 Å². The van der Waals surface area contributed by atoms with Crippen molar-refractivity contribution in [2.75, 3.05) is 0 Å². The summed E-state index contributed by atoms with van der Waals surface area (Å²) in [5, 5.41) is 10.8. The molecule has 0 aliphatic carbocycles. The first-order valence-electron chi connectivity index (χ1n) is 2.36. The summed E-state index contributed by atoms with van der Waals surface area (Å²) < 4.78 is 12.3. The van der Waals surface area contributed by atoms with Gasteiger partial charge in [0.1, 0.15) is 5.76 Å². The molecule has 2 N–H and O–H groups in total. The Balaban J connectivity index is 2.74. The van der Waals surface area contributed by atoms with Crippen LogP contribution in [0.25, 0.3) is 0 Å². The normalized spacial score (nSPS) is 26.2. The third kappa shape index (κ3) is 1.36. The Kier molecular flexibility index (Phi) is 1.62. The van der Waals surface area contributed by atoms with Crippen LogP contribution in [0.15, 0.2) is 23.1 Å². The lowest BCUT2D eigenvalue weighted by atomic mass is 10.3. The Labute approximate surface area is 56.6 Å². The van der Waals surface area contributed by atoms with Crippen LogP contribution >= 0.6 is 11.6 Å². The Morgan fingerprint density at radius 1 is 1.78 bits per heavy atom. The van der Waals surface area contributed by atoms with Crippen molar-refractivity contribution < 1.29 is 9.50 Å². The first-order valence-corrected chi connectivity index (χ1v) is 2.74. The molecule has 0 aromatic carbocycles. The van der Waals surface area contributed by atoms with Gasteiger partial charge in [-0.2, -0.15) is 0 Å². The fraction of sp³-hybridized carbons (Fsp3) is 0.200. The lowest BCUT2D eigenvalue weighted by Gasteiger charge is -2.11. The molecule has 0 saturated heterocycles. The van der Waals surface area contributed by atoms with E-state index in [1.807, 2.05) is 0 Å². The van der Waals surface area contributed by atoms with Crippen molar-refractivity contribution in [1.82, 2.24) is 5.32 Å². The van der Waals surface area contributed by atoms with Crippen molar-refractivity contribution in [2.24, 2.45) is 0 Å². The van der Waals surface area contributed by atoms with E-state index in [0.717, 1.165) is 12.3 Å². The Morgan fingerprint density at radius 3 is 2.89 bits per heavy atom. The lowest BCUT2D eigenvalue weighted by molar-refractivity contribution is 0.338. The number of alkyl halides is 1. The quantitative estimate of drug-likeness (QED) is 0.511. The van der Waals surface area contributed by atoms with Crippen LogP contribution in [0.2, 0.25) is 0 Å². The molecule has 1 aliphatic heterocycles. The maximum atomic E-state index is 12.3. The predicted molar refractivity (Wildman–Crippen MR) is 32.7 cm³/mol. The molecular formula is C5H5ClFNO. The minimum absolute atomic E-state index is 0.0324. The molecule has 0 fully saturated rings. The molecule has 1 rings (SSSR count). The van der Waals surface area contributed by atoms with Gasteiger partial charge >= 0.3 is 0 Å². The van der Waals surface area contributed by atoms with E-state index in [4.69, 9.17) is 16.7 Å². The van der Waals surface area contributed by atoms with E-state index in [2.05, 4.69) is 5.32 Å². The zero-order valence-corrected chi connectivity index (χ0v) is 5.19. The molecule has 1 unspecified atom stereocenters. The van der Waals surface area contributed by atoms with Crippen molar-refractivity contribution in [1.29, 1.82) is 0 Å². The summed E-state index contributed by atoms with van der Waals surface area (Å²) in [6.45, 7) is 0. The highest BCUT2D eigenvalue weighted by Gasteiger charge is 2.12. The van der Waals surface area contributed by atoms with Gasteiger partial charge in [0.15, 0.2) is 0 Å². The fourth-order valence-corrected chi connectivity index (χ4v) is 0.669. The molecule has 0 aromatic heterocycles. The molecule has 0 saturated carbocycles. The molecule has 1 heterocycles. The van der Waals surface area contributed by atoms with Crippen molar-refractivity contribution in [3.8, 4) is 0 Å². The molecule has 50 valence electrons. The Hall–Kier alpha value is -0.700. The number of hydrogen-bond acceptors (Lipinski definition) is 2. The van der Waals surface area contributed by atoms with E-state index >= 15 is 0 Å². The van der Waals surface area contributed by atoms with Crippen molar-refractivity contribution in [2.45, 2.75) is 6.30 Å². The van der Waals surface area contributed by atoms with Gasteiger partial charge in [0.05, 0.1) is 5.03 Å². The van der Waals surface area contributed by atoms with E-state index in [1.54, 1.807) is 0 Å². The SMILES string of the molecule is OC1=CNC(F)C(Cl)=C1. The van der Waals surface area contributed by atoms with E-state index in [-0.39, 0.29) is 10.8 Å². The van der Waals surface area contributed by atoms with Crippen LogP contribution < -0.4 is 5.32 Å². The van der Waals surface area contributed by atoms with Gasteiger partial charge in [-0.15, -0.1) is 0 Å². The van der Waals surface area contributed by atoms with E-state index in [9.17, 15) is 4.39 Å². The molecule has 9 heavy (non-hydrogen) atoms. The third-order valence-corrected chi connectivity index (χ3v) is 1.21. The molecule has 4 heteroatoms. The van der Waals surface area contributed by atoms with Gasteiger partial charge in [0.25, 0.3) is 0 Å². The van der Waals surface area contributed by atoms with Gasteiger partial charge in [0, 0.05) is 12.3 Å². The molecule has 0 aromatic rings. The number of hydrogen-bond donors (Lipinski definition) is 2. The van der Waals surface area contributed by atoms with Crippen LogP contribution in [0.5, 0.6) is 0 Å². The molecular weight excluding hydrogens is 145 g/mol. The molecule has 1 atom stereocenters. The summed E-state index contributed by atoms with van der Waals surface area (Å²) in [5.74, 6) is -0.0612. The smallest absolute Gasteiger partial charge is 0.206 e. The zero-order valence-electron chi connectivity index (χ0n) is 4.44. The summed E-state index contributed by atoms with van der Waals surface area (Å²) in [4.78, 5) is 0. The summed E-state index contributed by atoms with van der Waals surface area (Å²) in [6.07, 6.45) is 0.932. The minimum atomic E-state index is -1.37. The predicted octanol–water partition coefficient (Wildman–Crippen LogP) is 1.41. The zero-order chi connectivity index (χ0) is 6.85. The van der Waals surface area contributed by atoms with Crippen molar-refractivity contribution in [3.63, 3.8) is 0 Å². The third-order valence-electron chi connectivity index (χ3n) is 0.905. The van der Waals surface area contributed by atoms with E-state index in [0.29, 0.717) is 0 Å². The van der Waals surface area contributed by atoms with Crippen molar-refractivity contribution >= 4 is 11.6 Å². The van der Waals surface area contributed by atoms with Gasteiger partial charge < -0.3 is 10.4 Å². The first kappa shape index (κ1) is 6.42. The molecule has 0 amide bonds. The molecule has 0 bridgehead atoms. The molecule has 2 nitrogen and oxygen atoms in total. The maximum Gasteiger partial charge on any atom is 0.206 e. The highest BCUT2D eigenvalue weighted by Crippen LogP contribution is 2.14. The van der Waals surface area contributed by atoms with E-state index in [1.165, 1.54) is 0 Å². The number of dihydropyridines is 1. The average molecular weight is 150 g/mol. The second-order valence-electron chi connectivity index (χ2n) is 1.63. The number of aliphatic hydroxyl groups is 1. The number of aliphatic hydroxyl groups excluding tert-OH is 1. The molecule has 1 aliphatic rings. The van der Waals surface area contributed by atoms with Crippen LogP contribution in [0.1, 0.15) is 0 Å². The van der Waals surface area contributed by atoms with Gasteiger partial charge in [0.2, 0.25) is 6.30 Å². The van der Waals surface area contributed by atoms with Crippen LogP contribution in [-0.4, -0.2) is 11.4 Å². The highest BCUT2D eigenvalue weighted by molar-refractivity contribution is 6.30. The number of halogens is 2. The topological polar surface area (TPSA) is 32.3 Å². The Morgan fingerprint density at radius 2 is 2.44 bits per heavy atom.